The monoisotopic (exact) mass is 405 g/mol. The lowest BCUT2D eigenvalue weighted by atomic mass is 10.0. The van der Waals surface area contributed by atoms with Gasteiger partial charge in [-0.3, -0.25) is 14.5 Å². The van der Waals surface area contributed by atoms with Crippen LogP contribution in [0.15, 0.2) is 12.2 Å². The second kappa shape index (κ2) is 9.27. The van der Waals surface area contributed by atoms with Crippen LogP contribution in [0, 0.1) is 0 Å². The molecule has 1 saturated heterocycles. The molecule has 150 valence electrons. The Morgan fingerprint density at radius 3 is 2.70 bits per heavy atom. The van der Waals surface area contributed by atoms with Crippen LogP contribution in [0.25, 0.3) is 0 Å². The minimum atomic E-state index is -4.60. The van der Waals surface area contributed by atoms with Crippen LogP contribution >= 0.6 is 11.3 Å². The maximum atomic E-state index is 12.6. The van der Waals surface area contributed by atoms with Crippen molar-refractivity contribution >= 4 is 28.3 Å². The number of likely N-dealkylation sites (N-methyl/N-ethyl adjacent to an activating group) is 1. The van der Waals surface area contributed by atoms with E-state index >= 15 is 0 Å². The van der Waals surface area contributed by atoms with Gasteiger partial charge in [0.25, 0.3) is 5.91 Å². The third-order valence-electron chi connectivity index (χ3n) is 4.14. The van der Waals surface area contributed by atoms with Crippen molar-refractivity contribution in [2.45, 2.75) is 50.9 Å². The third kappa shape index (κ3) is 5.99. The molecule has 0 aromatic carbocycles. The van der Waals surface area contributed by atoms with Crippen molar-refractivity contribution in [2.24, 2.45) is 0 Å². The number of amides is 2. The van der Waals surface area contributed by atoms with E-state index in [1.807, 2.05) is 6.92 Å². The van der Waals surface area contributed by atoms with Crippen molar-refractivity contribution in [3.63, 3.8) is 0 Å². The van der Waals surface area contributed by atoms with E-state index in [1.54, 1.807) is 0 Å². The third-order valence-corrected chi connectivity index (χ3v) is 5.18. The second-order valence-corrected chi connectivity index (χ2v) is 7.13. The van der Waals surface area contributed by atoms with Gasteiger partial charge in [0.15, 0.2) is 0 Å². The summed E-state index contributed by atoms with van der Waals surface area (Å²) in [6, 6.07) is -0.583. The number of hydrogen-bond acceptors (Lipinski definition) is 6. The Kier molecular flexibility index (Phi) is 7.31. The molecule has 0 aliphatic carbocycles. The lowest BCUT2D eigenvalue weighted by Crippen LogP contribution is -2.49. The van der Waals surface area contributed by atoms with Crippen molar-refractivity contribution in [3.8, 4) is 0 Å². The Morgan fingerprint density at radius 1 is 1.41 bits per heavy atom. The van der Waals surface area contributed by atoms with Crippen LogP contribution in [-0.2, 0) is 15.8 Å². The zero-order valence-electron chi connectivity index (χ0n) is 15.0. The summed E-state index contributed by atoms with van der Waals surface area (Å²) < 4.78 is 37.8. The van der Waals surface area contributed by atoms with Crippen molar-refractivity contribution in [3.05, 3.63) is 17.2 Å². The minimum Gasteiger partial charge on any atom is -0.349 e. The van der Waals surface area contributed by atoms with Gasteiger partial charge in [0.1, 0.15) is 0 Å². The Balaban J connectivity index is 1.94. The number of rotatable bonds is 6. The molecule has 0 radical (unpaired) electrons. The highest BCUT2D eigenvalue weighted by molar-refractivity contribution is 7.15. The molecule has 11 heteroatoms. The van der Waals surface area contributed by atoms with E-state index in [9.17, 15) is 22.8 Å². The van der Waals surface area contributed by atoms with E-state index in [0.29, 0.717) is 17.8 Å². The Hall–Kier alpha value is -2.01. The first-order chi connectivity index (χ1) is 12.7. The van der Waals surface area contributed by atoms with Gasteiger partial charge in [-0.05, 0) is 25.8 Å². The number of hydrogen-bond donors (Lipinski definition) is 2. The SMILES string of the molecule is CC[C@@H](/C=C/C(=O)N(C)c1nnc(C(F)(F)F)s1)NC(=O)C1CCCCN1. The molecule has 1 unspecified atom stereocenters. The zero-order chi connectivity index (χ0) is 20.0. The molecule has 2 amide bonds. The molecule has 0 bridgehead atoms. The van der Waals surface area contributed by atoms with Crippen LogP contribution in [0.4, 0.5) is 18.3 Å². The summed E-state index contributed by atoms with van der Waals surface area (Å²) in [6.45, 7) is 2.66. The predicted molar refractivity (Wildman–Crippen MR) is 95.3 cm³/mol. The van der Waals surface area contributed by atoms with Crippen molar-refractivity contribution in [2.75, 3.05) is 18.5 Å². The van der Waals surface area contributed by atoms with Crippen LogP contribution in [-0.4, -0.2) is 47.7 Å². The van der Waals surface area contributed by atoms with E-state index < -0.39 is 17.1 Å². The number of piperidine rings is 1. The predicted octanol–water partition coefficient (Wildman–Crippen LogP) is 2.11. The Bertz CT molecular complexity index is 686. The van der Waals surface area contributed by atoms with Crippen molar-refractivity contribution < 1.29 is 22.8 Å². The molecule has 1 fully saturated rings. The maximum Gasteiger partial charge on any atom is 0.445 e. The normalized spacial score (nSPS) is 19.1. The van der Waals surface area contributed by atoms with E-state index in [-0.39, 0.29) is 23.1 Å². The van der Waals surface area contributed by atoms with Gasteiger partial charge in [-0.15, -0.1) is 10.2 Å². The van der Waals surface area contributed by atoms with E-state index in [0.717, 1.165) is 30.7 Å². The van der Waals surface area contributed by atoms with E-state index in [4.69, 9.17) is 0 Å². The zero-order valence-corrected chi connectivity index (χ0v) is 15.9. The summed E-state index contributed by atoms with van der Waals surface area (Å²) in [5, 5.41) is 11.2. The van der Waals surface area contributed by atoms with E-state index in [2.05, 4.69) is 20.8 Å². The van der Waals surface area contributed by atoms with Gasteiger partial charge in [-0.2, -0.15) is 13.2 Å². The van der Waals surface area contributed by atoms with Gasteiger partial charge >= 0.3 is 6.18 Å². The molecule has 1 aromatic heterocycles. The number of aromatic nitrogens is 2. The molecule has 0 saturated carbocycles. The van der Waals surface area contributed by atoms with Crippen LogP contribution in [0.2, 0.25) is 0 Å². The van der Waals surface area contributed by atoms with Crippen molar-refractivity contribution in [1.82, 2.24) is 20.8 Å². The number of halogens is 3. The molecule has 1 aliphatic heterocycles. The van der Waals surface area contributed by atoms with Gasteiger partial charge in [0.05, 0.1) is 6.04 Å². The maximum absolute atomic E-state index is 12.6. The largest absolute Gasteiger partial charge is 0.445 e. The highest BCUT2D eigenvalue weighted by atomic mass is 32.1. The van der Waals surface area contributed by atoms with Crippen molar-refractivity contribution in [1.29, 1.82) is 0 Å². The molecule has 2 atom stereocenters. The number of carbonyl (C=O) groups excluding carboxylic acids is 2. The molecular formula is C16H22F3N5O2S. The van der Waals surface area contributed by atoms with Gasteiger partial charge in [-0.1, -0.05) is 30.8 Å². The fraction of sp³-hybridized carbons (Fsp3) is 0.625. The first-order valence-electron chi connectivity index (χ1n) is 8.62. The van der Waals surface area contributed by atoms with Crippen LogP contribution in [0.3, 0.4) is 0 Å². The summed E-state index contributed by atoms with van der Waals surface area (Å²) >= 11 is 0.292. The summed E-state index contributed by atoms with van der Waals surface area (Å²) in [5.41, 5.74) is 0. The Labute approximate surface area is 159 Å². The lowest BCUT2D eigenvalue weighted by molar-refractivity contribution is -0.138. The topological polar surface area (TPSA) is 87.2 Å². The summed E-state index contributed by atoms with van der Waals surface area (Å²) in [5.74, 6) is -0.672. The first kappa shape index (κ1) is 21.3. The number of alkyl halides is 3. The van der Waals surface area contributed by atoms with Gasteiger partial charge in [0, 0.05) is 19.2 Å². The average molecular weight is 405 g/mol. The number of carbonyl (C=O) groups is 2. The molecule has 1 aromatic rings. The molecule has 1 aliphatic rings. The molecule has 7 nitrogen and oxygen atoms in total. The standard InChI is InChI=1S/C16H22F3N5O2S/c1-3-10(21-13(26)11-6-4-5-9-20-11)7-8-12(25)24(2)15-23-22-14(27-15)16(17,18)19/h7-8,10-11,20H,3-6,9H2,1-2H3,(H,21,26)/b8-7+/t10-,11?/m0/s1. The quantitative estimate of drug-likeness (QED) is 0.708. The number of nitrogens with one attached hydrogen (secondary N) is 2. The molecule has 27 heavy (non-hydrogen) atoms. The molecular weight excluding hydrogens is 383 g/mol. The number of anilines is 1. The van der Waals surface area contributed by atoms with Gasteiger partial charge in [-0.25, -0.2) is 0 Å². The van der Waals surface area contributed by atoms with Crippen LogP contribution in [0.1, 0.15) is 37.6 Å². The number of nitrogens with zero attached hydrogens (tertiary/aromatic N) is 3. The molecule has 2 rings (SSSR count). The average Bonchev–Trinajstić information content (AvgIpc) is 3.15. The summed E-state index contributed by atoms with van der Waals surface area (Å²) in [7, 11) is 1.32. The van der Waals surface area contributed by atoms with Crippen LogP contribution < -0.4 is 15.5 Å². The first-order valence-corrected chi connectivity index (χ1v) is 9.44. The molecule has 2 heterocycles. The Morgan fingerprint density at radius 2 is 2.15 bits per heavy atom. The highest BCUT2D eigenvalue weighted by Gasteiger charge is 2.36. The van der Waals surface area contributed by atoms with Crippen LogP contribution in [0.5, 0.6) is 0 Å². The second-order valence-electron chi connectivity index (χ2n) is 6.17. The summed E-state index contributed by atoms with van der Waals surface area (Å²) in [6.07, 6.45) is 1.53. The summed E-state index contributed by atoms with van der Waals surface area (Å²) in [4.78, 5) is 25.4. The van der Waals surface area contributed by atoms with E-state index in [1.165, 1.54) is 19.2 Å². The molecule has 0 spiro atoms. The minimum absolute atomic E-state index is 0.119. The smallest absolute Gasteiger partial charge is 0.349 e. The lowest BCUT2D eigenvalue weighted by Gasteiger charge is -2.24. The van der Waals surface area contributed by atoms with Gasteiger partial charge < -0.3 is 10.6 Å². The van der Waals surface area contributed by atoms with Gasteiger partial charge in [0.2, 0.25) is 16.0 Å². The molecule has 2 N–H and O–H groups in total. The fourth-order valence-corrected chi connectivity index (χ4v) is 3.19. The fourth-order valence-electron chi connectivity index (χ4n) is 2.52. The highest BCUT2D eigenvalue weighted by Crippen LogP contribution is 2.34.